The third-order valence-corrected chi connectivity index (χ3v) is 4.56. The highest BCUT2D eigenvalue weighted by Crippen LogP contribution is 2.32. The minimum Gasteiger partial charge on any atom is -0.478 e. The average Bonchev–Trinajstić information content (AvgIpc) is 2.50. The van der Waals surface area contributed by atoms with E-state index in [2.05, 4.69) is 0 Å². The Hall–Kier alpha value is -2.10. The summed E-state index contributed by atoms with van der Waals surface area (Å²) in [6, 6.07) is 5.25. The van der Waals surface area contributed by atoms with Crippen LogP contribution in [0.4, 0.5) is 0 Å². The van der Waals surface area contributed by atoms with Gasteiger partial charge in [0.1, 0.15) is 0 Å². The summed E-state index contributed by atoms with van der Waals surface area (Å²) in [6.07, 6.45) is 10.8. The second-order valence-corrected chi connectivity index (χ2v) is 7.31. The van der Waals surface area contributed by atoms with Crippen LogP contribution in [0.3, 0.4) is 0 Å². The number of carbonyl (C=O) groups excluding carboxylic acids is 1. The van der Waals surface area contributed by atoms with Crippen LogP contribution in [0.25, 0.3) is 6.08 Å². The Labute approximate surface area is 163 Å². The first kappa shape index (κ1) is 20.2. The van der Waals surface area contributed by atoms with E-state index in [-0.39, 0.29) is 17.6 Å². The standard InChI is InChI=1S/C21H20Cl2O3/c1-13(7-21(25)26)3-6-20-14(2)8-19(24)11-16(20)5-4-15-9-17(22)12-18(23)10-15/h3-7,9-12,14,20H,8H2,1-2H3,(H,25,26)/b5-4+,6-3+,13-7-. The molecule has 0 aliphatic heterocycles. The van der Waals surface area contributed by atoms with Crippen molar-refractivity contribution >= 4 is 41.0 Å². The molecule has 1 aliphatic carbocycles. The van der Waals surface area contributed by atoms with Gasteiger partial charge in [-0.25, -0.2) is 4.79 Å². The summed E-state index contributed by atoms with van der Waals surface area (Å²) in [5.74, 6) is -0.740. The molecule has 2 unspecified atom stereocenters. The molecule has 1 aromatic rings. The van der Waals surface area contributed by atoms with Gasteiger partial charge in [0.25, 0.3) is 0 Å². The van der Waals surface area contributed by atoms with E-state index in [4.69, 9.17) is 28.3 Å². The lowest BCUT2D eigenvalue weighted by atomic mass is 9.78. The first-order chi connectivity index (χ1) is 12.2. The molecule has 0 radical (unpaired) electrons. The molecule has 1 N–H and O–H groups in total. The van der Waals surface area contributed by atoms with Crippen LogP contribution in [-0.4, -0.2) is 16.9 Å². The lowest BCUT2D eigenvalue weighted by Crippen LogP contribution is -2.20. The third-order valence-electron chi connectivity index (χ3n) is 4.12. The van der Waals surface area contributed by atoms with E-state index in [9.17, 15) is 9.59 Å². The van der Waals surface area contributed by atoms with Gasteiger partial charge in [-0.05, 0) is 53.8 Å². The number of hydrogen-bond donors (Lipinski definition) is 1. The van der Waals surface area contributed by atoms with Crippen molar-refractivity contribution in [1.29, 1.82) is 0 Å². The molecule has 0 fully saturated rings. The van der Waals surface area contributed by atoms with Crippen LogP contribution < -0.4 is 0 Å². The topological polar surface area (TPSA) is 54.4 Å². The van der Waals surface area contributed by atoms with Crippen LogP contribution in [0.2, 0.25) is 10.0 Å². The Bertz CT molecular complexity index is 811. The van der Waals surface area contributed by atoms with Gasteiger partial charge in [0, 0.05) is 28.5 Å². The van der Waals surface area contributed by atoms with Gasteiger partial charge >= 0.3 is 5.97 Å². The number of carboxylic acids is 1. The number of benzene rings is 1. The molecule has 26 heavy (non-hydrogen) atoms. The molecule has 0 heterocycles. The van der Waals surface area contributed by atoms with Gasteiger partial charge in [-0.15, -0.1) is 0 Å². The monoisotopic (exact) mass is 390 g/mol. The van der Waals surface area contributed by atoms with Crippen LogP contribution in [0.5, 0.6) is 0 Å². The van der Waals surface area contributed by atoms with Gasteiger partial charge in [-0.1, -0.05) is 54.4 Å². The highest BCUT2D eigenvalue weighted by Gasteiger charge is 2.25. The Kier molecular flexibility index (Phi) is 7.01. The zero-order chi connectivity index (χ0) is 19.3. The van der Waals surface area contributed by atoms with Gasteiger partial charge in [0.15, 0.2) is 5.78 Å². The summed E-state index contributed by atoms with van der Waals surface area (Å²) in [5.41, 5.74) is 2.37. The highest BCUT2D eigenvalue weighted by molar-refractivity contribution is 6.34. The summed E-state index contributed by atoms with van der Waals surface area (Å²) in [5, 5.41) is 9.91. The SMILES string of the molecule is CC(=C/C(=O)O)/C=C/C1C(/C=C/c2cc(Cl)cc(Cl)c2)=CC(=O)CC1C. The summed E-state index contributed by atoms with van der Waals surface area (Å²) in [6.45, 7) is 3.75. The molecule has 0 aromatic heterocycles. The quantitative estimate of drug-likeness (QED) is 0.514. The maximum absolute atomic E-state index is 12.0. The molecule has 2 rings (SSSR count). The number of allylic oxidation sites excluding steroid dienone is 6. The third kappa shape index (κ3) is 6.01. The second kappa shape index (κ2) is 9.02. The van der Waals surface area contributed by atoms with Gasteiger partial charge in [0.2, 0.25) is 0 Å². The fourth-order valence-corrected chi connectivity index (χ4v) is 3.48. The van der Waals surface area contributed by atoms with Crippen molar-refractivity contribution in [3.63, 3.8) is 0 Å². The smallest absolute Gasteiger partial charge is 0.328 e. The molecule has 1 aromatic carbocycles. The summed E-state index contributed by atoms with van der Waals surface area (Å²) in [4.78, 5) is 22.7. The van der Waals surface area contributed by atoms with E-state index in [1.807, 2.05) is 25.2 Å². The fraction of sp³-hybridized carbons (Fsp3) is 0.238. The van der Waals surface area contributed by atoms with Crippen molar-refractivity contribution in [2.24, 2.45) is 11.8 Å². The molecule has 0 spiro atoms. The molecule has 0 amide bonds. The number of ketones is 1. The molecular weight excluding hydrogens is 371 g/mol. The Morgan fingerprint density at radius 3 is 2.46 bits per heavy atom. The number of aliphatic carboxylic acids is 1. The van der Waals surface area contributed by atoms with Crippen LogP contribution in [0.1, 0.15) is 25.8 Å². The van der Waals surface area contributed by atoms with Crippen molar-refractivity contribution < 1.29 is 14.7 Å². The first-order valence-electron chi connectivity index (χ1n) is 8.22. The number of halogens is 2. The highest BCUT2D eigenvalue weighted by atomic mass is 35.5. The zero-order valence-electron chi connectivity index (χ0n) is 14.6. The molecule has 3 nitrogen and oxygen atoms in total. The fourth-order valence-electron chi connectivity index (χ4n) is 2.94. The van der Waals surface area contributed by atoms with Crippen LogP contribution in [0, 0.1) is 11.8 Å². The Morgan fingerprint density at radius 2 is 1.85 bits per heavy atom. The average molecular weight is 391 g/mol. The first-order valence-corrected chi connectivity index (χ1v) is 8.98. The van der Waals surface area contributed by atoms with Crippen molar-refractivity contribution in [3.8, 4) is 0 Å². The number of carbonyl (C=O) groups is 2. The number of carboxylic acid groups (broad SMARTS) is 1. The van der Waals surface area contributed by atoms with E-state index in [1.54, 1.807) is 37.3 Å². The second-order valence-electron chi connectivity index (χ2n) is 6.44. The summed E-state index contributed by atoms with van der Waals surface area (Å²) in [7, 11) is 0. The van der Waals surface area contributed by atoms with E-state index in [0.29, 0.717) is 22.0 Å². The van der Waals surface area contributed by atoms with Gasteiger partial charge < -0.3 is 5.11 Å². The lowest BCUT2D eigenvalue weighted by molar-refractivity contribution is -0.131. The van der Waals surface area contributed by atoms with Gasteiger partial charge in [-0.3, -0.25) is 4.79 Å². The van der Waals surface area contributed by atoms with E-state index < -0.39 is 5.97 Å². The minimum atomic E-state index is -0.979. The largest absolute Gasteiger partial charge is 0.478 e. The normalized spacial score (nSPS) is 21.5. The Balaban J connectivity index is 2.29. The number of rotatable bonds is 5. The summed E-state index contributed by atoms with van der Waals surface area (Å²) < 4.78 is 0. The molecule has 2 atom stereocenters. The lowest BCUT2D eigenvalue weighted by Gasteiger charge is -2.25. The zero-order valence-corrected chi connectivity index (χ0v) is 16.1. The van der Waals surface area contributed by atoms with Crippen molar-refractivity contribution in [2.45, 2.75) is 20.3 Å². The van der Waals surface area contributed by atoms with Crippen molar-refractivity contribution in [3.05, 3.63) is 75.3 Å². The molecule has 136 valence electrons. The van der Waals surface area contributed by atoms with Crippen molar-refractivity contribution in [1.82, 2.24) is 0 Å². The maximum Gasteiger partial charge on any atom is 0.328 e. The Morgan fingerprint density at radius 1 is 1.19 bits per heavy atom. The number of hydrogen-bond acceptors (Lipinski definition) is 2. The predicted octanol–water partition coefficient (Wildman–Crippen LogP) is 5.75. The molecular formula is C21H20Cl2O3. The van der Waals surface area contributed by atoms with E-state index >= 15 is 0 Å². The van der Waals surface area contributed by atoms with Crippen LogP contribution >= 0.6 is 23.2 Å². The minimum absolute atomic E-state index is 0.0238. The van der Waals surface area contributed by atoms with Crippen LogP contribution in [0.15, 0.2) is 59.7 Å². The van der Waals surface area contributed by atoms with Crippen molar-refractivity contribution in [2.75, 3.05) is 0 Å². The summed E-state index contributed by atoms with van der Waals surface area (Å²) >= 11 is 12.0. The van der Waals surface area contributed by atoms with Gasteiger partial charge in [0.05, 0.1) is 0 Å². The molecule has 1 aliphatic rings. The van der Waals surface area contributed by atoms with E-state index in [1.165, 1.54) is 0 Å². The molecule has 0 saturated carbocycles. The molecule has 0 saturated heterocycles. The van der Waals surface area contributed by atoms with E-state index in [0.717, 1.165) is 17.2 Å². The maximum atomic E-state index is 12.0. The van der Waals surface area contributed by atoms with Gasteiger partial charge in [-0.2, -0.15) is 0 Å². The predicted molar refractivity (Wildman–Crippen MR) is 106 cm³/mol. The van der Waals surface area contributed by atoms with Crippen LogP contribution in [-0.2, 0) is 9.59 Å². The molecule has 5 heteroatoms. The molecule has 0 bridgehead atoms.